The predicted octanol–water partition coefficient (Wildman–Crippen LogP) is 1.65. The Morgan fingerprint density at radius 1 is 1.29 bits per heavy atom. The van der Waals surface area contributed by atoms with E-state index in [1.54, 1.807) is 6.92 Å². The summed E-state index contributed by atoms with van der Waals surface area (Å²) in [5.74, 6) is 0.910. The molecule has 1 aliphatic carbocycles. The molecule has 0 bridgehead atoms. The highest BCUT2D eigenvalue weighted by Crippen LogP contribution is 2.28. The predicted molar refractivity (Wildman–Crippen MR) is 52.2 cm³/mol. The summed E-state index contributed by atoms with van der Waals surface area (Å²) < 4.78 is 0. The second kappa shape index (κ2) is 4.98. The quantitative estimate of drug-likeness (QED) is 0.726. The van der Waals surface area contributed by atoms with Crippen LogP contribution < -0.4 is 5.32 Å². The second-order valence-electron chi connectivity index (χ2n) is 4.01. The third-order valence-electron chi connectivity index (χ3n) is 2.96. The summed E-state index contributed by atoms with van der Waals surface area (Å²) in [6.07, 6.45) is 2.80. The number of ketones is 1. The average Bonchev–Trinajstić information content (AvgIpc) is 2.15. The molecule has 14 heavy (non-hydrogen) atoms. The minimum atomic E-state index is -0.960. The van der Waals surface area contributed by atoms with E-state index in [1.165, 1.54) is 0 Å². The lowest BCUT2D eigenvalue weighted by Crippen LogP contribution is -2.31. The van der Waals surface area contributed by atoms with Gasteiger partial charge in [-0.3, -0.25) is 4.79 Å². The van der Waals surface area contributed by atoms with Gasteiger partial charge in [-0.1, -0.05) is 0 Å². The number of nitrogens with one attached hydrogen (secondary N) is 1. The van der Waals surface area contributed by atoms with Crippen molar-refractivity contribution in [1.82, 2.24) is 5.32 Å². The van der Waals surface area contributed by atoms with Gasteiger partial charge in [0, 0.05) is 12.5 Å². The van der Waals surface area contributed by atoms with E-state index >= 15 is 0 Å². The Kier molecular flexibility index (Phi) is 3.92. The molecule has 0 unspecified atom stereocenters. The second-order valence-corrected chi connectivity index (χ2v) is 4.01. The molecule has 0 atom stereocenters. The summed E-state index contributed by atoms with van der Waals surface area (Å²) in [5.41, 5.74) is 0. The Morgan fingerprint density at radius 2 is 1.86 bits per heavy atom. The highest BCUT2D eigenvalue weighted by molar-refractivity contribution is 5.78. The van der Waals surface area contributed by atoms with Gasteiger partial charge >= 0.3 is 6.09 Å². The van der Waals surface area contributed by atoms with Gasteiger partial charge in [-0.05, 0) is 38.5 Å². The van der Waals surface area contributed by atoms with Crippen molar-refractivity contribution >= 4 is 11.9 Å². The molecule has 0 aliphatic heterocycles. The first-order valence-electron chi connectivity index (χ1n) is 5.07. The Balaban J connectivity index is 2.22. The molecular weight excluding hydrogens is 182 g/mol. The fourth-order valence-electron chi connectivity index (χ4n) is 2.00. The van der Waals surface area contributed by atoms with Crippen LogP contribution in [0.15, 0.2) is 0 Å². The van der Waals surface area contributed by atoms with Gasteiger partial charge in [-0.2, -0.15) is 0 Å². The molecule has 4 nitrogen and oxygen atoms in total. The van der Waals surface area contributed by atoms with Crippen LogP contribution in [0.1, 0.15) is 32.6 Å². The standard InChI is InChI=1S/C10H17NO3/c1-7(12)9-4-2-8(3-5-9)6-11-10(13)14/h8-9,11H,2-6H2,1H3,(H,13,14). The number of carbonyl (C=O) groups is 2. The maximum Gasteiger partial charge on any atom is 0.404 e. The molecule has 0 aromatic carbocycles. The van der Waals surface area contributed by atoms with Crippen LogP contribution in [0.5, 0.6) is 0 Å². The zero-order valence-electron chi connectivity index (χ0n) is 8.45. The molecule has 1 fully saturated rings. The molecule has 0 aromatic heterocycles. The van der Waals surface area contributed by atoms with Crippen molar-refractivity contribution in [1.29, 1.82) is 0 Å². The lowest BCUT2D eigenvalue weighted by atomic mass is 9.80. The molecule has 2 N–H and O–H groups in total. The lowest BCUT2D eigenvalue weighted by Gasteiger charge is -2.26. The van der Waals surface area contributed by atoms with Crippen molar-refractivity contribution in [2.45, 2.75) is 32.6 Å². The van der Waals surface area contributed by atoms with Gasteiger partial charge in [0.15, 0.2) is 0 Å². The van der Waals surface area contributed by atoms with E-state index in [9.17, 15) is 9.59 Å². The van der Waals surface area contributed by atoms with Crippen LogP contribution in [0, 0.1) is 11.8 Å². The van der Waals surface area contributed by atoms with Crippen molar-refractivity contribution < 1.29 is 14.7 Å². The molecule has 0 saturated heterocycles. The molecule has 1 rings (SSSR count). The smallest absolute Gasteiger partial charge is 0.404 e. The maximum atomic E-state index is 11.1. The number of amides is 1. The third kappa shape index (κ3) is 3.36. The van der Waals surface area contributed by atoms with E-state index in [0.717, 1.165) is 25.7 Å². The first kappa shape index (κ1) is 11.0. The number of carbonyl (C=O) groups excluding carboxylic acids is 1. The molecule has 4 heteroatoms. The van der Waals surface area contributed by atoms with E-state index in [1.807, 2.05) is 0 Å². The van der Waals surface area contributed by atoms with E-state index in [2.05, 4.69) is 5.32 Å². The van der Waals surface area contributed by atoms with Gasteiger partial charge in [0.25, 0.3) is 0 Å². The molecule has 80 valence electrons. The Hall–Kier alpha value is -1.06. The molecule has 0 spiro atoms. The van der Waals surface area contributed by atoms with Crippen molar-refractivity contribution in [2.75, 3.05) is 6.54 Å². The number of hydrogen-bond acceptors (Lipinski definition) is 2. The van der Waals surface area contributed by atoms with Crippen molar-refractivity contribution in [2.24, 2.45) is 11.8 Å². The van der Waals surface area contributed by atoms with Crippen LogP contribution in [0.4, 0.5) is 4.79 Å². The first-order valence-corrected chi connectivity index (χ1v) is 5.07. The number of hydrogen-bond donors (Lipinski definition) is 2. The average molecular weight is 199 g/mol. The zero-order valence-corrected chi connectivity index (χ0v) is 8.45. The van der Waals surface area contributed by atoms with Crippen LogP contribution in [-0.2, 0) is 4.79 Å². The van der Waals surface area contributed by atoms with E-state index in [0.29, 0.717) is 12.5 Å². The van der Waals surface area contributed by atoms with Gasteiger partial charge in [-0.15, -0.1) is 0 Å². The summed E-state index contributed by atoms with van der Waals surface area (Å²) >= 11 is 0. The minimum Gasteiger partial charge on any atom is -0.465 e. The summed E-state index contributed by atoms with van der Waals surface area (Å²) in [6.45, 7) is 2.17. The maximum absolute atomic E-state index is 11.1. The topological polar surface area (TPSA) is 66.4 Å². The van der Waals surface area contributed by atoms with Crippen LogP contribution >= 0.6 is 0 Å². The van der Waals surface area contributed by atoms with Gasteiger partial charge in [-0.25, -0.2) is 4.79 Å². The van der Waals surface area contributed by atoms with E-state index < -0.39 is 6.09 Å². The highest BCUT2D eigenvalue weighted by Gasteiger charge is 2.23. The summed E-state index contributed by atoms with van der Waals surface area (Å²) in [4.78, 5) is 21.3. The monoisotopic (exact) mass is 199 g/mol. The molecule has 1 saturated carbocycles. The number of Topliss-reactive ketones (excluding diaryl/α,β-unsaturated/α-hetero) is 1. The van der Waals surface area contributed by atoms with Crippen LogP contribution in [0.2, 0.25) is 0 Å². The zero-order chi connectivity index (χ0) is 10.6. The van der Waals surface area contributed by atoms with Crippen molar-refractivity contribution in [3.63, 3.8) is 0 Å². The Morgan fingerprint density at radius 3 is 2.29 bits per heavy atom. The van der Waals surface area contributed by atoms with E-state index in [-0.39, 0.29) is 11.7 Å². The fourth-order valence-corrected chi connectivity index (χ4v) is 2.00. The molecule has 0 aromatic rings. The first-order chi connectivity index (χ1) is 6.59. The minimum absolute atomic E-state index is 0.219. The third-order valence-corrected chi connectivity index (χ3v) is 2.96. The van der Waals surface area contributed by atoms with Gasteiger partial charge < -0.3 is 10.4 Å². The van der Waals surface area contributed by atoms with Crippen LogP contribution in [-0.4, -0.2) is 23.5 Å². The van der Waals surface area contributed by atoms with Crippen LogP contribution in [0.3, 0.4) is 0 Å². The molecule has 1 aliphatic rings. The van der Waals surface area contributed by atoms with Gasteiger partial charge in [0.1, 0.15) is 5.78 Å². The van der Waals surface area contributed by atoms with Crippen LogP contribution in [0.25, 0.3) is 0 Å². The Bertz CT molecular complexity index is 219. The summed E-state index contributed by atoms with van der Waals surface area (Å²) in [5, 5.41) is 10.8. The molecule has 1 amide bonds. The summed E-state index contributed by atoms with van der Waals surface area (Å²) in [7, 11) is 0. The fraction of sp³-hybridized carbons (Fsp3) is 0.800. The van der Waals surface area contributed by atoms with Gasteiger partial charge in [0.05, 0.1) is 0 Å². The molecule has 0 radical (unpaired) electrons. The molecular formula is C10H17NO3. The SMILES string of the molecule is CC(=O)C1CCC(CNC(=O)O)CC1. The normalized spacial score (nSPS) is 26.9. The van der Waals surface area contributed by atoms with E-state index in [4.69, 9.17) is 5.11 Å². The highest BCUT2D eigenvalue weighted by atomic mass is 16.4. The largest absolute Gasteiger partial charge is 0.465 e. The summed E-state index contributed by atoms with van der Waals surface area (Å²) in [6, 6.07) is 0. The van der Waals surface area contributed by atoms with Crippen molar-refractivity contribution in [3.8, 4) is 0 Å². The van der Waals surface area contributed by atoms with Gasteiger partial charge in [0.2, 0.25) is 0 Å². The number of carboxylic acid groups (broad SMARTS) is 1. The number of rotatable bonds is 3. The van der Waals surface area contributed by atoms with Crippen molar-refractivity contribution in [3.05, 3.63) is 0 Å². The lowest BCUT2D eigenvalue weighted by molar-refractivity contribution is -0.121. The Labute approximate surface area is 83.7 Å². The molecule has 0 heterocycles.